The van der Waals surface area contributed by atoms with E-state index in [1.54, 1.807) is 0 Å². The van der Waals surface area contributed by atoms with Gasteiger partial charge in [-0.2, -0.15) is 13.2 Å². The van der Waals surface area contributed by atoms with Crippen molar-refractivity contribution < 1.29 is 27.5 Å². The van der Waals surface area contributed by atoms with E-state index in [4.69, 9.17) is 0 Å². The first-order valence-electron chi connectivity index (χ1n) is 5.30. The Bertz CT molecular complexity index is 304. The van der Waals surface area contributed by atoms with Crippen molar-refractivity contribution in [2.45, 2.75) is 25.4 Å². The smallest absolute Gasteiger partial charge is 0.469 e. The van der Waals surface area contributed by atoms with E-state index in [1.807, 2.05) is 0 Å². The van der Waals surface area contributed by atoms with E-state index in [1.165, 1.54) is 7.11 Å². The topological polar surface area (TPSA) is 46.6 Å². The van der Waals surface area contributed by atoms with Gasteiger partial charge in [0.15, 0.2) is 0 Å². The van der Waals surface area contributed by atoms with Crippen LogP contribution in [0, 0.1) is 5.92 Å². The lowest BCUT2D eigenvalue weighted by Gasteiger charge is -2.24. The van der Waals surface area contributed by atoms with Gasteiger partial charge in [-0.05, 0) is 12.8 Å². The summed E-state index contributed by atoms with van der Waals surface area (Å²) in [5.74, 6) is -3.10. The molecular weight excluding hydrogens is 239 g/mol. The fourth-order valence-corrected chi connectivity index (χ4v) is 1.86. The van der Waals surface area contributed by atoms with Crippen LogP contribution in [0.2, 0.25) is 0 Å². The van der Waals surface area contributed by atoms with Crippen LogP contribution >= 0.6 is 0 Å². The second kappa shape index (κ2) is 5.37. The molecule has 1 heterocycles. The summed E-state index contributed by atoms with van der Waals surface area (Å²) in [6.45, 7) is -0.184. The van der Waals surface area contributed by atoms with Gasteiger partial charge in [0, 0.05) is 13.1 Å². The number of hydrogen-bond donors (Lipinski definition) is 0. The fourth-order valence-electron chi connectivity index (χ4n) is 1.86. The molecule has 1 aliphatic heterocycles. The Balaban J connectivity index is 2.73. The molecule has 1 rings (SSSR count). The van der Waals surface area contributed by atoms with Crippen LogP contribution in [0.5, 0.6) is 0 Å². The highest BCUT2D eigenvalue weighted by Gasteiger charge is 2.43. The Hall–Kier alpha value is -1.27. The number of ether oxygens (including phenoxy) is 1. The summed E-state index contributed by atoms with van der Waals surface area (Å²) in [6, 6.07) is 0. The second-order valence-electron chi connectivity index (χ2n) is 3.96. The lowest BCUT2D eigenvalue weighted by atomic mass is 10.0. The maximum atomic E-state index is 12.3. The van der Waals surface area contributed by atoms with Gasteiger partial charge in [-0.15, -0.1) is 0 Å². The first-order chi connectivity index (χ1) is 7.86. The Morgan fingerprint density at radius 1 is 1.29 bits per heavy atom. The molecule has 1 fully saturated rings. The van der Waals surface area contributed by atoms with Crippen molar-refractivity contribution in [1.82, 2.24) is 4.90 Å². The third-order valence-electron chi connectivity index (χ3n) is 2.74. The number of nitrogens with zero attached hydrogens (tertiary/aromatic N) is 1. The van der Waals surface area contributed by atoms with Gasteiger partial charge in [-0.25, -0.2) is 0 Å². The van der Waals surface area contributed by atoms with Crippen LogP contribution in [-0.2, 0) is 14.3 Å². The summed E-state index contributed by atoms with van der Waals surface area (Å²) < 4.78 is 41.3. The first-order valence-corrected chi connectivity index (χ1v) is 5.30. The molecule has 0 aromatic rings. The molecule has 0 radical (unpaired) electrons. The van der Waals surface area contributed by atoms with Gasteiger partial charge in [0.1, 0.15) is 0 Å². The van der Waals surface area contributed by atoms with Crippen molar-refractivity contribution in [2.24, 2.45) is 5.92 Å². The molecule has 7 heteroatoms. The Morgan fingerprint density at radius 2 is 1.94 bits per heavy atom. The van der Waals surface area contributed by atoms with Crippen molar-refractivity contribution in [3.63, 3.8) is 0 Å². The largest absolute Gasteiger partial charge is 0.471 e. The van der Waals surface area contributed by atoms with Crippen LogP contribution < -0.4 is 0 Å². The predicted octanol–water partition coefficient (Wildman–Crippen LogP) is 1.35. The van der Waals surface area contributed by atoms with Gasteiger partial charge < -0.3 is 9.64 Å². The highest BCUT2D eigenvalue weighted by Crippen LogP contribution is 2.23. The van der Waals surface area contributed by atoms with E-state index in [9.17, 15) is 22.8 Å². The molecule has 1 aliphatic rings. The minimum absolute atomic E-state index is 0.0336. The third kappa shape index (κ3) is 3.61. The third-order valence-corrected chi connectivity index (χ3v) is 2.74. The number of hydrogen-bond acceptors (Lipinski definition) is 3. The number of rotatable bonds is 1. The van der Waals surface area contributed by atoms with Gasteiger partial charge in [0.2, 0.25) is 0 Å². The van der Waals surface area contributed by atoms with E-state index in [-0.39, 0.29) is 13.1 Å². The van der Waals surface area contributed by atoms with Crippen molar-refractivity contribution >= 4 is 11.9 Å². The summed E-state index contributed by atoms with van der Waals surface area (Å²) in [4.78, 5) is 23.1. The SMILES string of the molecule is COC(=O)C1CCCCN(C(=O)C(F)(F)F)C1. The van der Waals surface area contributed by atoms with Crippen LogP contribution in [0.25, 0.3) is 0 Å². The molecule has 1 saturated heterocycles. The average molecular weight is 253 g/mol. The zero-order valence-electron chi connectivity index (χ0n) is 9.42. The highest BCUT2D eigenvalue weighted by molar-refractivity contribution is 5.82. The molecule has 0 aromatic heterocycles. The number of carbonyl (C=O) groups is 2. The Labute approximate surface area is 96.7 Å². The molecule has 98 valence electrons. The van der Waals surface area contributed by atoms with Crippen LogP contribution in [0.1, 0.15) is 19.3 Å². The van der Waals surface area contributed by atoms with Crippen molar-refractivity contribution in [2.75, 3.05) is 20.2 Å². The molecule has 1 amide bonds. The van der Waals surface area contributed by atoms with E-state index in [0.29, 0.717) is 24.2 Å². The normalized spacial score (nSPS) is 21.9. The summed E-state index contributed by atoms with van der Waals surface area (Å²) >= 11 is 0. The highest BCUT2D eigenvalue weighted by atomic mass is 19.4. The number of esters is 1. The first kappa shape index (κ1) is 13.8. The monoisotopic (exact) mass is 253 g/mol. The maximum absolute atomic E-state index is 12.3. The van der Waals surface area contributed by atoms with Gasteiger partial charge >= 0.3 is 18.1 Å². The average Bonchev–Trinajstić information content (AvgIpc) is 2.51. The van der Waals surface area contributed by atoms with Crippen LogP contribution in [0.4, 0.5) is 13.2 Å². The Morgan fingerprint density at radius 3 is 2.47 bits per heavy atom. The second-order valence-corrected chi connectivity index (χ2v) is 3.96. The number of alkyl halides is 3. The van der Waals surface area contributed by atoms with Gasteiger partial charge in [-0.1, -0.05) is 6.42 Å². The van der Waals surface area contributed by atoms with Crippen molar-refractivity contribution in [3.8, 4) is 0 Å². The van der Waals surface area contributed by atoms with Gasteiger partial charge in [0.05, 0.1) is 13.0 Å². The standard InChI is InChI=1S/C10H14F3NO3/c1-17-8(15)7-4-2-3-5-14(6-7)9(16)10(11,12)13/h7H,2-6H2,1H3. The fraction of sp³-hybridized carbons (Fsp3) is 0.800. The van der Waals surface area contributed by atoms with E-state index in [2.05, 4.69) is 4.74 Å². The summed E-state index contributed by atoms with van der Waals surface area (Å²) in [7, 11) is 1.18. The summed E-state index contributed by atoms with van der Waals surface area (Å²) in [5.41, 5.74) is 0. The number of halogens is 3. The summed E-state index contributed by atoms with van der Waals surface area (Å²) in [5, 5.41) is 0. The lowest BCUT2D eigenvalue weighted by Crippen LogP contribution is -2.44. The Kier molecular flexibility index (Phi) is 4.36. The quantitative estimate of drug-likeness (QED) is 0.663. The minimum Gasteiger partial charge on any atom is -0.469 e. The maximum Gasteiger partial charge on any atom is 0.471 e. The molecule has 0 aromatic carbocycles. The van der Waals surface area contributed by atoms with E-state index in [0.717, 1.165) is 0 Å². The van der Waals surface area contributed by atoms with Crippen LogP contribution in [0.3, 0.4) is 0 Å². The van der Waals surface area contributed by atoms with E-state index < -0.39 is 24.0 Å². The lowest BCUT2D eigenvalue weighted by molar-refractivity contribution is -0.186. The molecule has 4 nitrogen and oxygen atoms in total. The minimum atomic E-state index is -4.88. The molecule has 17 heavy (non-hydrogen) atoms. The van der Waals surface area contributed by atoms with Crippen molar-refractivity contribution in [3.05, 3.63) is 0 Å². The molecule has 0 saturated carbocycles. The van der Waals surface area contributed by atoms with Crippen LogP contribution in [0.15, 0.2) is 0 Å². The number of likely N-dealkylation sites (tertiary alicyclic amines) is 1. The molecule has 1 atom stereocenters. The number of amides is 1. The van der Waals surface area contributed by atoms with Gasteiger partial charge in [0.25, 0.3) is 0 Å². The number of methoxy groups -OCH3 is 1. The predicted molar refractivity (Wildman–Crippen MR) is 52.0 cm³/mol. The summed E-state index contributed by atoms with van der Waals surface area (Å²) in [6.07, 6.45) is -3.35. The molecular formula is C10H14F3NO3. The van der Waals surface area contributed by atoms with Crippen LogP contribution in [-0.4, -0.2) is 43.2 Å². The molecule has 1 unspecified atom stereocenters. The number of carbonyl (C=O) groups excluding carboxylic acids is 2. The molecule has 0 N–H and O–H groups in total. The zero-order valence-corrected chi connectivity index (χ0v) is 9.42. The molecule has 0 bridgehead atoms. The van der Waals surface area contributed by atoms with E-state index >= 15 is 0 Å². The van der Waals surface area contributed by atoms with Gasteiger partial charge in [-0.3, -0.25) is 9.59 Å². The van der Waals surface area contributed by atoms with Crippen molar-refractivity contribution in [1.29, 1.82) is 0 Å². The molecule has 0 spiro atoms. The molecule has 0 aliphatic carbocycles. The zero-order chi connectivity index (χ0) is 13.1.